The number of fused-ring (bicyclic) bond motifs is 1. The van der Waals surface area contributed by atoms with E-state index in [1.165, 1.54) is 87.3 Å². The lowest BCUT2D eigenvalue weighted by Gasteiger charge is -2.12. The summed E-state index contributed by atoms with van der Waals surface area (Å²) in [5, 5.41) is 13.1. The largest absolute Gasteiger partial charge is 0.309 e. The fourth-order valence-corrected chi connectivity index (χ4v) is 7.29. The first kappa shape index (κ1) is 20.6. The molecule has 10 rings (SSSR count). The predicted molar refractivity (Wildman–Crippen MR) is 170 cm³/mol. The molecule has 0 radical (unpaired) electrons. The molecular weight excluding hydrogens is 484 g/mol. The fraction of sp³-hybridized carbons (Fsp3) is 0. The van der Waals surface area contributed by atoms with Crippen LogP contribution in [0.2, 0.25) is 0 Å². The Morgan fingerprint density at radius 3 is 0.900 bits per heavy atom. The molecule has 0 unspecified atom stereocenters. The summed E-state index contributed by atoms with van der Waals surface area (Å²) in [6.45, 7) is 0. The van der Waals surface area contributed by atoms with Gasteiger partial charge in [0, 0.05) is 32.9 Å². The van der Waals surface area contributed by atoms with E-state index in [-0.39, 0.29) is 0 Å². The van der Waals surface area contributed by atoms with E-state index in [1.807, 2.05) is 0 Å². The Bertz CT molecular complexity index is 2280. The Labute approximate surface area is 229 Å². The summed E-state index contributed by atoms with van der Waals surface area (Å²) in [6.07, 6.45) is 0. The van der Waals surface area contributed by atoms with Gasteiger partial charge in [0.15, 0.2) is 0 Å². The molecule has 0 saturated heterocycles. The molecule has 2 heteroatoms. The zero-order valence-electron chi connectivity index (χ0n) is 21.6. The third kappa shape index (κ3) is 2.49. The maximum absolute atomic E-state index is 2.43. The smallest absolute Gasteiger partial charge is 0.0547 e. The van der Waals surface area contributed by atoms with Gasteiger partial charge in [-0.05, 0) is 80.8 Å². The van der Waals surface area contributed by atoms with E-state index in [1.54, 1.807) is 0 Å². The summed E-state index contributed by atoms with van der Waals surface area (Å²) >= 11 is 0. The van der Waals surface area contributed by atoms with Crippen LogP contribution in [0.4, 0.5) is 0 Å². The molecule has 0 amide bonds. The van der Waals surface area contributed by atoms with Crippen molar-refractivity contribution in [1.82, 2.24) is 9.13 Å². The van der Waals surface area contributed by atoms with Gasteiger partial charge in [0.2, 0.25) is 0 Å². The number of hydrogen-bond donors (Lipinski definition) is 0. The molecule has 0 atom stereocenters. The van der Waals surface area contributed by atoms with Crippen LogP contribution in [0.3, 0.4) is 0 Å². The van der Waals surface area contributed by atoms with Crippen LogP contribution in [0.5, 0.6) is 0 Å². The lowest BCUT2D eigenvalue weighted by Crippen LogP contribution is -1.95. The molecule has 0 aliphatic rings. The fourth-order valence-electron chi connectivity index (χ4n) is 7.29. The lowest BCUT2D eigenvalue weighted by molar-refractivity contribution is 1.18. The number of aromatic nitrogens is 2. The van der Waals surface area contributed by atoms with Crippen LogP contribution in [-0.2, 0) is 0 Å². The predicted octanol–water partition coefficient (Wildman–Crippen LogP) is 10.2. The van der Waals surface area contributed by atoms with Gasteiger partial charge in [0.25, 0.3) is 0 Å². The zero-order chi connectivity index (χ0) is 25.9. The summed E-state index contributed by atoms with van der Waals surface area (Å²) in [5.74, 6) is 0. The molecule has 0 bridgehead atoms. The molecule has 8 aromatic carbocycles. The second-order valence-corrected chi connectivity index (χ2v) is 11.0. The average Bonchev–Trinajstić information content (AvgIpc) is 3.54. The summed E-state index contributed by atoms with van der Waals surface area (Å²) in [4.78, 5) is 0. The molecule has 2 heterocycles. The van der Waals surface area contributed by atoms with Crippen molar-refractivity contribution in [3.63, 3.8) is 0 Å². The molecule has 0 saturated carbocycles. The molecular formula is C38H22N2. The Morgan fingerprint density at radius 1 is 0.275 bits per heavy atom. The summed E-state index contributed by atoms with van der Waals surface area (Å²) < 4.78 is 4.85. The summed E-state index contributed by atoms with van der Waals surface area (Å²) in [6, 6.07) is 49.3. The number of hydrogen-bond acceptors (Lipinski definition) is 0. The number of benzene rings is 8. The third-order valence-electron chi connectivity index (χ3n) is 8.97. The minimum absolute atomic E-state index is 1.19. The van der Waals surface area contributed by atoms with Crippen LogP contribution in [0.15, 0.2) is 133 Å². The van der Waals surface area contributed by atoms with Crippen LogP contribution in [0.25, 0.3) is 87.3 Å². The van der Waals surface area contributed by atoms with Crippen LogP contribution in [-0.4, -0.2) is 9.13 Å². The second kappa shape index (κ2) is 7.19. The van der Waals surface area contributed by atoms with E-state index in [9.17, 15) is 0 Å². The molecule has 2 aromatic heterocycles. The molecule has 0 fully saturated rings. The van der Waals surface area contributed by atoms with E-state index in [0.717, 1.165) is 0 Å². The highest BCUT2D eigenvalue weighted by Gasteiger charge is 2.18. The molecule has 184 valence electrons. The van der Waals surface area contributed by atoms with E-state index in [4.69, 9.17) is 0 Å². The Morgan fingerprint density at radius 2 is 0.575 bits per heavy atom. The van der Waals surface area contributed by atoms with Crippen molar-refractivity contribution in [3.05, 3.63) is 133 Å². The van der Waals surface area contributed by atoms with Crippen LogP contribution in [0, 0.1) is 0 Å². The molecule has 0 spiro atoms. The first-order valence-corrected chi connectivity index (χ1v) is 13.9. The van der Waals surface area contributed by atoms with Gasteiger partial charge < -0.3 is 9.13 Å². The molecule has 10 aromatic rings. The maximum atomic E-state index is 2.43. The van der Waals surface area contributed by atoms with Gasteiger partial charge in [0.1, 0.15) is 0 Å². The van der Waals surface area contributed by atoms with E-state index in [0.29, 0.717) is 0 Å². The van der Waals surface area contributed by atoms with Crippen molar-refractivity contribution in [2.24, 2.45) is 0 Å². The molecule has 0 N–H and O–H groups in total. The van der Waals surface area contributed by atoms with Gasteiger partial charge >= 0.3 is 0 Å². The lowest BCUT2D eigenvalue weighted by atomic mass is 10.0. The van der Waals surface area contributed by atoms with Crippen LogP contribution in [0.1, 0.15) is 0 Å². The normalized spacial score (nSPS) is 12.5. The number of rotatable bonds is 2. The minimum atomic E-state index is 1.19. The molecule has 0 aliphatic carbocycles. The van der Waals surface area contributed by atoms with Gasteiger partial charge in [-0.25, -0.2) is 0 Å². The van der Waals surface area contributed by atoms with Crippen molar-refractivity contribution in [2.75, 3.05) is 0 Å². The van der Waals surface area contributed by atoms with Gasteiger partial charge in [-0.15, -0.1) is 0 Å². The van der Waals surface area contributed by atoms with E-state index in [2.05, 4.69) is 143 Å². The first-order valence-electron chi connectivity index (χ1n) is 13.9. The van der Waals surface area contributed by atoms with E-state index >= 15 is 0 Å². The topological polar surface area (TPSA) is 9.86 Å². The SMILES string of the molecule is c1cc2ccc3cccc4c3c2c(c1)n4-c1ccc2cc(-n3c4cccc5ccc6cccc3c6c54)ccc2c1. The molecule has 0 aliphatic heterocycles. The third-order valence-corrected chi connectivity index (χ3v) is 8.97. The summed E-state index contributed by atoms with van der Waals surface area (Å²) in [5.41, 5.74) is 7.43. The van der Waals surface area contributed by atoms with Crippen molar-refractivity contribution >= 4 is 75.9 Å². The molecule has 40 heavy (non-hydrogen) atoms. The van der Waals surface area contributed by atoms with E-state index < -0.39 is 0 Å². The van der Waals surface area contributed by atoms with Gasteiger partial charge in [-0.1, -0.05) is 84.9 Å². The van der Waals surface area contributed by atoms with Crippen molar-refractivity contribution in [2.45, 2.75) is 0 Å². The van der Waals surface area contributed by atoms with Crippen molar-refractivity contribution in [3.8, 4) is 11.4 Å². The van der Waals surface area contributed by atoms with Crippen LogP contribution < -0.4 is 0 Å². The highest BCUT2D eigenvalue weighted by Crippen LogP contribution is 2.41. The first-order chi connectivity index (χ1) is 19.8. The van der Waals surface area contributed by atoms with Crippen LogP contribution >= 0.6 is 0 Å². The second-order valence-electron chi connectivity index (χ2n) is 11.0. The quantitative estimate of drug-likeness (QED) is 0.206. The maximum Gasteiger partial charge on any atom is 0.0547 e. The van der Waals surface area contributed by atoms with Gasteiger partial charge in [0.05, 0.1) is 22.1 Å². The summed E-state index contributed by atoms with van der Waals surface area (Å²) in [7, 11) is 0. The van der Waals surface area contributed by atoms with Gasteiger partial charge in [-0.3, -0.25) is 0 Å². The zero-order valence-corrected chi connectivity index (χ0v) is 21.6. The minimum Gasteiger partial charge on any atom is -0.309 e. The van der Waals surface area contributed by atoms with Crippen molar-refractivity contribution in [1.29, 1.82) is 0 Å². The Balaban J connectivity index is 1.21. The van der Waals surface area contributed by atoms with Crippen molar-refractivity contribution < 1.29 is 0 Å². The number of nitrogens with zero attached hydrogens (tertiary/aromatic N) is 2. The Hall–Kier alpha value is -5.34. The average molecular weight is 507 g/mol. The Kier molecular flexibility index (Phi) is 3.70. The molecule has 2 nitrogen and oxygen atoms in total. The highest BCUT2D eigenvalue weighted by atomic mass is 15.0. The van der Waals surface area contributed by atoms with Gasteiger partial charge in [-0.2, -0.15) is 0 Å². The highest BCUT2D eigenvalue weighted by molar-refractivity contribution is 6.25. The monoisotopic (exact) mass is 506 g/mol. The standard InChI is InChI=1S/C38H22N2/c1-5-23-13-14-24-6-2-10-32-36(24)35(23)31(9-1)39(32)29-19-17-28-22-30(20-18-27(28)21-29)40-33-11-3-7-25-15-16-26-8-4-12-34(40)38(26)37(25)33/h1-22H.